The summed E-state index contributed by atoms with van der Waals surface area (Å²) in [5.74, 6) is 0.0144. The van der Waals surface area contributed by atoms with Crippen LogP contribution in [0.1, 0.15) is 19.4 Å². The van der Waals surface area contributed by atoms with Crippen LogP contribution in [0.3, 0.4) is 0 Å². The van der Waals surface area contributed by atoms with E-state index in [1.165, 1.54) is 0 Å². The smallest absolute Gasteiger partial charge is 0.234 e. The van der Waals surface area contributed by atoms with E-state index in [0.717, 1.165) is 5.56 Å². The molecule has 1 aromatic heterocycles. The highest BCUT2D eigenvalue weighted by Gasteiger charge is 2.01. The first kappa shape index (κ1) is 11.7. The quantitative estimate of drug-likeness (QED) is 0.747. The number of amides is 1. The van der Waals surface area contributed by atoms with E-state index in [2.05, 4.69) is 15.6 Å². The molecular formula is C11H17N3O. The molecule has 0 unspecified atom stereocenters. The Bertz CT molecular complexity index is 298. The van der Waals surface area contributed by atoms with Crippen molar-refractivity contribution in [1.29, 1.82) is 0 Å². The topological polar surface area (TPSA) is 54.0 Å². The second kappa shape index (κ2) is 6.14. The van der Waals surface area contributed by atoms with Gasteiger partial charge in [-0.05, 0) is 17.7 Å². The molecule has 0 atom stereocenters. The van der Waals surface area contributed by atoms with Crippen molar-refractivity contribution in [3.8, 4) is 0 Å². The Labute approximate surface area is 90.1 Å². The molecule has 4 heteroatoms. The number of nitrogens with one attached hydrogen (secondary N) is 2. The summed E-state index contributed by atoms with van der Waals surface area (Å²) in [6, 6.07) is 4.10. The Morgan fingerprint density at radius 3 is 2.67 bits per heavy atom. The van der Waals surface area contributed by atoms with Crippen LogP contribution in [0.5, 0.6) is 0 Å². The molecule has 0 saturated carbocycles. The molecule has 1 aromatic rings. The summed E-state index contributed by atoms with van der Waals surface area (Å²) in [5, 5.41) is 5.88. The fraction of sp³-hybridized carbons (Fsp3) is 0.455. The molecule has 2 N–H and O–H groups in total. The first-order valence-corrected chi connectivity index (χ1v) is 5.07. The Morgan fingerprint density at radius 1 is 1.40 bits per heavy atom. The number of hydrogen-bond donors (Lipinski definition) is 2. The number of aromatic nitrogens is 1. The van der Waals surface area contributed by atoms with Crippen LogP contribution in [0.25, 0.3) is 0 Å². The normalized spacial score (nSPS) is 10.3. The van der Waals surface area contributed by atoms with Gasteiger partial charge in [0.05, 0.1) is 6.54 Å². The lowest BCUT2D eigenvalue weighted by Crippen LogP contribution is -2.36. The van der Waals surface area contributed by atoms with Crippen molar-refractivity contribution in [2.75, 3.05) is 6.54 Å². The van der Waals surface area contributed by atoms with Gasteiger partial charge in [-0.25, -0.2) is 0 Å². The lowest BCUT2D eigenvalue weighted by Gasteiger charge is -2.08. The van der Waals surface area contributed by atoms with E-state index in [0.29, 0.717) is 19.1 Å². The minimum atomic E-state index is 0.0144. The van der Waals surface area contributed by atoms with Crippen LogP contribution in [-0.2, 0) is 11.3 Å². The predicted molar refractivity (Wildman–Crippen MR) is 59.2 cm³/mol. The fourth-order valence-corrected chi connectivity index (χ4v) is 1.06. The summed E-state index contributed by atoms with van der Waals surface area (Å²) in [6.45, 7) is 4.94. The van der Waals surface area contributed by atoms with E-state index in [1.54, 1.807) is 12.4 Å². The maximum atomic E-state index is 11.3. The number of pyridine rings is 1. The van der Waals surface area contributed by atoms with Gasteiger partial charge in [-0.3, -0.25) is 9.78 Å². The van der Waals surface area contributed by atoms with E-state index in [1.807, 2.05) is 26.0 Å². The fourth-order valence-electron chi connectivity index (χ4n) is 1.06. The average molecular weight is 207 g/mol. The highest BCUT2D eigenvalue weighted by molar-refractivity contribution is 5.77. The largest absolute Gasteiger partial charge is 0.351 e. The number of nitrogens with zero attached hydrogens (tertiary/aromatic N) is 1. The molecule has 82 valence electrons. The maximum absolute atomic E-state index is 11.3. The predicted octanol–water partition coefficient (Wildman–Crippen LogP) is 0.696. The van der Waals surface area contributed by atoms with Crippen molar-refractivity contribution in [2.45, 2.75) is 26.4 Å². The van der Waals surface area contributed by atoms with E-state index in [-0.39, 0.29) is 5.91 Å². The van der Waals surface area contributed by atoms with Gasteiger partial charge in [-0.1, -0.05) is 13.8 Å². The molecule has 1 rings (SSSR count). The van der Waals surface area contributed by atoms with E-state index in [4.69, 9.17) is 0 Å². The van der Waals surface area contributed by atoms with Crippen molar-refractivity contribution in [3.63, 3.8) is 0 Å². The SMILES string of the molecule is CC(C)NCC(=O)NCc1ccncc1. The third kappa shape index (κ3) is 5.12. The van der Waals surface area contributed by atoms with E-state index >= 15 is 0 Å². The molecule has 15 heavy (non-hydrogen) atoms. The number of carbonyl (C=O) groups excluding carboxylic acids is 1. The monoisotopic (exact) mass is 207 g/mol. The van der Waals surface area contributed by atoms with Crippen LogP contribution in [0.2, 0.25) is 0 Å². The first-order valence-electron chi connectivity index (χ1n) is 5.07. The van der Waals surface area contributed by atoms with E-state index in [9.17, 15) is 4.79 Å². The average Bonchev–Trinajstić information content (AvgIpc) is 2.25. The van der Waals surface area contributed by atoms with Crippen molar-refractivity contribution in [3.05, 3.63) is 30.1 Å². The van der Waals surface area contributed by atoms with Crippen molar-refractivity contribution in [2.24, 2.45) is 0 Å². The molecule has 0 aliphatic heterocycles. The number of hydrogen-bond acceptors (Lipinski definition) is 3. The minimum absolute atomic E-state index is 0.0144. The molecule has 0 bridgehead atoms. The van der Waals surface area contributed by atoms with Crippen molar-refractivity contribution >= 4 is 5.91 Å². The summed E-state index contributed by atoms with van der Waals surface area (Å²) >= 11 is 0. The zero-order valence-electron chi connectivity index (χ0n) is 9.16. The van der Waals surface area contributed by atoms with Gasteiger partial charge in [0.15, 0.2) is 0 Å². The molecule has 0 aliphatic carbocycles. The Hall–Kier alpha value is -1.42. The van der Waals surface area contributed by atoms with Gasteiger partial charge >= 0.3 is 0 Å². The summed E-state index contributed by atoms with van der Waals surface area (Å²) < 4.78 is 0. The molecule has 1 heterocycles. The Kier molecular flexibility index (Phi) is 4.77. The summed E-state index contributed by atoms with van der Waals surface area (Å²) in [5.41, 5.74) is 1.06. The van der Waals surface area contributed by atoms with Gasteiger partial charge in [-0.15, -0.1) is 0 Å². The Morgan fingerprint density at radius 2 is 2.07 bits per heavy atom. The van der Waals surface area contributed by atoms with Gasteiger partial charge < -0.3 is 10.6 Å². The molecular weight excluding hydrogens is 190 g/mol. The molecule has 4 nitrogen and oxygen atoms in total. The highest BCUT2D eigenvalue weighted by atomic mass is 16.1. The lowest BCUT2D eigenvalue weighted by molar-refractivity contribution is -0.120. The standard InChI is InChI=1S/C11H17N3O/c1-9(2)13-8-11(15)14-7-10-3-5-12-6-4-10/h3-6,9,13H,7-8H2,1-2H3,(H,14,15). The second-order valence-electron chi connectivity index (χ2n) is 3.67. The Balaban J connectivity index is 2.23. The van der Waals surface area contributed by atoms with Crippen LogP contribution < -0.4 is 10.6 Å². The van der Waals surface area contributed by atoms with Crippen LogP contribution in [-0.4, -0.2) is 23.5 Å². The minimum Gasteiger partial charge on any atom is -0.351 e. The van der Waals surface area contributed by atoms with Crippen LogP contribution in [0.4, 0.5) is 0 Å². The molecule has 0 radical (unpaired) electrons. The molecule has 0 spiro atoms. The van der Waals surface area contributed by atoms with Gasteiger partial charge in [0.25, 0.3) is 0 Å². The number of rotatable bonds is 5. The van der Waals surface area contributed by atoms with Crippen LogP contribution in [0.15, 0.2) is 24.5 Å². The third-order valence-corrected chi connectivity index (χ3v) is 1.91. The molecule has 0 aromatic carbocycles. The number of carbonyl (C=O) groups is 1. The van der Waals surface area contributed by atoms with Gasteiger partial charge in [0.2, 0.25) is 5.91 Å². The summed E-state index contributed by atoms with van der Waals surface area (Å²) in [6.07, 6.45) is 3.43. The first-order chi connectivity index (χ1) is 7.18. The summed E-state index contributed by atoms with van der Waals surface area (Å²) in [4.78, 5) is 15.2. The van der Waals surface area contributed by atoms with Gasteiger partial charge in [0.1, 0.15) is 0 Å². The zero-order valence-corrected chi connectivity index (χ0v) is 9.16. The molecule has 0 saturated heterocycles. The lowest BCUT2D eigenvalue weighted by atomic mass is 10.3. The van der Waals surface area contributed by atoms with Crippen molar-refractivity contribution in [1.82, 2.24) is 15.6 Å². The van der Waals surface area contributed by atoms with Gasteiger partial charge in [0, 0.05) is 25.0 Å². The van der Waals surface area contributed by atoms with E-state index < -0.39 is 0 Å². The van der Waals surface area contributed by atoms with Crippen LogP contribution >= 0.6 is 0 Å². The second-order valence-corrected chi connectivity index (χ2v) is 3.67. The van der Waals surface area contributed by atoms with Crippen LogP contribution in [0, 0.1) is 0 Å². The zero-order chi connectivity index (χ0) is 11.1. The highest BCUT2D eigenvalue weighted by Crippen LogP contribution is 1.94. The summed E-state index contributed by atoms with van der Waals surface area (Å²) in [7, 11) is 0. The van der Waals surface area contributed by atoms with Gasteiger partial charge in [-0.2, -0.15) is 0 Å². The third-order valence-electron chi connectivity index (χ3n) is 1.91. The molecule has 0 aliphatic rings. The molecule has 1 amide bonds. The van der Waals surface area contributed by atoms with Crippen molar-refractivity contribution < 1.29 is 4.79 Å². The maximum Gasteiger partial charge on any atom is 0.234 e. The molecule has 0 fully saturated rings.